The highest BCUT2D eigenvalue weighted by Gasteiger charge is 2.32. The van der Waals surface area contributed by atoms with Crippen molar-refractivity contribution in [3.8, 4) is 0 Å². The Balaban J connectivity index is 2.23. The van der Waals surface area contributed by atoms with Crippen LogP contribution in [0.15, 0.2) is 35.5 Å². The third kappa shape index (κ3) is 10.4. The number of H-pyrrole nitrogens is 1. The van der Waals surface area contributed by atoms with E-state index in [4.69, 9.17) is 22.3 Å². The van der Waals surface area contributed by atoms with Gasteiger partial charge in [0.2, 0.25) is 17.7 Å². The molecular formula is C25H34N8O9. The third-order valence-corrected chi connectivity index (χ3v) is 6.03. The van der Waals surface area contributed by atoms with Crippen molar-refractivity contribution < 1.29 is 44.1 Å². The van der Waals surface area contributed by atoms with Gasteiger partial charge in [-0.15, -0.1) is 0 Å². The van der Waals surface area contributed by atoms with Crippen LogP contribution in [0.4, 0.5) is 0 Å². The molecule has 1 heterocycles. The van der Waals surface area contributed by atoms with Gasteiger partial charge < -0.3 is 53.5 Å². The highest BCUT2D eigenvalue weighted by atomic mass is 16.4. The number of carboxylic acid groups (broad SMARTS) is 3. The molecule has 4 unspecified atom stereocenters. The molecule has 0 fully saturated rings. The van der Waals surface area contributed by atoms with Gasteiger partial charge in [0, 0.05) is 30.1 Å². The third-order valence-electron chi connectivity index (χ3n) is 6.03. The zero-order valence-electron chi connectivity index (χ0n) is 22.4. The fourth-order valence-corrected chi connectivity index (χ4v) is 3.98. The first kappa shape index (κ1) is 33.0. The van der Waals surface area contributed by atoms with E-state index < -0.39 is 72.6 Å². The lowest BCUT2D eigenvalue weighted by atomic mass is 10.0. The molecule has 0 radical (unpaired) electrons. The minimum Gasteiger partial charge on any atom is -0.481 e. The van der Waals surface area contributed by atoms with Crippen LogP contribution in [0, 0.1) is 0 Å². The van der Waals surface area contributed by atoms with Crippen molar-refractivity contribution in [2.24, 2.45) is 22.2 Å². The second-order valence-corrected chi connectivity index (χ2v) is 9.34. The largest absolute Gasteiger partial charge is 0.481 e. The highest BCUT2D eigenvalue weighted by molar-refractivity contribution is 5.96. The van der Waals surface area contributed by atoms with Gasteiger partial charge in [-0.05, 0) is 24.5 Å². The first-order chi connectivity index (χ1) is 19.8. The predicted molar refractivity (Wildman–Crippen MR) is 148 cm³/mol. The number of aromatic nitrogens is 1. The van der Waals surface area contributed by atoms with Crippen LogP contribution in [-0.2, 0) is 35.2 Å². The summed E-state index contributed by atoms with van der Waals surface area (Å²) in [6, 6.07) is 1.06. The molecule has 2 rings (SSSR count). The SMILES string of the molecule is NC(N)=NCCCC(NC(=O)C(CC(=O)O)NC(=O)C(N)CC(=O)O)C(=O)NC(Cc1c[nH]c2ccccc12)C(=O)O. The molecule has 0 aliphatic heterocycles. The fraction of sp³-hybridized carbons (Fsp3) is 0.400. The van der Waals surface area contributed by atoms with E-state index in [0.29, 0.717) is 5.56 Å². The standard InChI is InChI=1S/C25H34N8O9/c26-14(9-19(34)35)21(38)32-17(10-20(36)37)23(40)31-16(6-3-7-29-25(27)28)22(39)33-18(24(41)42)8-12-11-30-15-5-2-1-4-13(12)15/h1-2,4-5,11,14,16-18,30H,3,6-10,26H2,(H,31,40)(H,32,38)(H,33,39)(H,34,35)(H,36,37)(H,41,42)(H4,27,28,29). The molecule has 228 valence electrons. The monoisotopic (exact) mass is 590 g/mol. The maximum atomic E-state index is 13.2. The average Bonchev–Trinajstić information content (AvgIpc) is 3.31. The zero-order valence-corrected chi connectivity index (χ0v) is 22.4. The Bertz CT molecular complexity index is 1340. The first-order valence-electron chi connectivity index (χ1n) is 12.7. The molecule has 13 N–H and O–H groups in total. The number of carbonyl (C=O) groups is 6. The van der Waals surface area contributed by atoms with Gasteiger partial charge >= 0.3 is 17.9 Å². The van der Waals surface area contributed by atoms with Crippen molar-refractivity contribution in [1.29, 1.82) is 0 Å². The van der Waals surface area contributed by atoms with Crippen LogP contribution in [0.3, 0.4) is 0 Å². The molecule has 17 heteroatoms. The second kappa shape index (κ2) is 15.6. The average molecular weight is 591 g/mol. The minimum absolute atomic E-state index is 0.0546. The second-order valence-electron chi connectivity index (χ2n) is 9.34. The van der Waals surface area contributed by atoms with Crippen LogP contribution < -0.4 is 33.2 Å². The molecule has 42 heavy (non-hydrogen) atoms. The number of nitrogens with zero attached hydrogens (tertiary/aromatic N) is 1. The number of amides is 3. The summed E-state index contributed by atoms with van der Waals surface area (Å²) in [4.78, 5) is 79.6. The Morgan fingerprint density at radius 1 is 0.833 bits per heavy atom. The van der Waals surface area contributed by atoms with E-state index in [1.807, 2.05) is 0 Å². The Morgan fingerprint density at radius 2 is 1.43 bits per heavy atom. The van der Waals surface area contributed by atoms with E-state index in [1.165, 1.54) is 0 Å². The van der Waals surface area contributed by atoms with E-state index in [-0.39, 0.29) is 31.8 Å². The van der Waals surface area contributed by atoms with Crippen molar-refractivity contribution >= 4 is 52.5 Å². The van der Waals surface area contributed by atoms with Gasteiger partial charge in [-0.2, -0.15) is 0 Å². The summed E-state index contributed by atoms with van der Waals surface area (Å²) in [6.07, 6.45) is -0.127. The maximum Gasteiger partial charge on any atom is 0.326 e. The number of rotatable bonds is 17. The van der Waals surface area contributed by atoms with Crippen LogP contribution >= 0.6 is 0 Å². The van der Waals surface area contributed by atoms with Crippen LogP contribution in [-0.4, -0.2) is 92.6 Å². The van der Waals surface area contributed by atoms with E-state index in [0.717, 1.165) is 10.9 Å². The number of carbonyl (C=O) groups excluding carboxylic acids is 3. The fourth-order valence-electron chi connectivity index (χ4n) is 3.98. The molecule has 17 nitrogen and oxygen atoms in total. The van der Waals surface area contributed by atoms with Crippen molar-refractivity contribution in [3.63, 3.8) is 0 Å². The number of aromatic amines is 1. The lowest BCUT2D eigenvalue weighted by Crippen LogP contribution is -2.57. The Labute approximate surface area is 238 Å². The number of nitrogens with two attached hydrogens (primary N) is 3. The van der Waals surface area contributed by atoms with Crippen molar-refractivity contribution in [2.45, 2.75) is 56.3 Å². The summed E-state index contributed by atoms with van der Waals surface area (Å²) in [5.74, 6) is -7.54. The summed E-state index contributed by atoms with van der Waals surface area (Å²) in [5.41, 5.74) is 17.5. The van der Waals surface area contributed by atoms with Crippen molar-refractivity contribution in [1.82, 2.24) is 20.9 Å². The van der Waals surface area contributed by atoms with E-state index in [9.17, 15) is 39.0 Å². The van der Waals surface area contributed by atoms with Crippen molar-refractivity contribution in [2.75, 3.05) is 6.54 Å². The Kier molecular flexibility index (Phi) is 12.2. The zero-order chi connectivity index (χ0) is 31.4. The molecule has 0 saturated carbocycles. The summed E-state index contributed by atoms with van der Waals surface area (Å²) >= 11 is 0. The van der Waals surface area contributed by atoms with Gasteiger partial charge in [-0.1, -0.05) is 18.2 Å². The van der Waals surface area contributed by atoms with Crippen molar-refractivity contribution in [3.05, 3.63) is 36.0 Å². The molecule has 0 spiro atoms. The number of hydrogen-bond donors (Lipinski definition) is 10. The lowest BCUT2D eigenvalue weighted by Gasteiger charge is -2.24. The minimum atomic E-state index is -1.73. The van der Waals surface area contributed by atoms with Crippen LogP contribution in [0.25, 0.3) is 10.9 Å². The number of fused-ring (bicyclic) bond motifs is 1. The molecule has 0 saturated heterocycles. The van der Waals surface area contributed by atoms with Gasteiger partial charge in [-0.3, -0.25) is 29.0 Å². The highest BCUT2D eigenvalue weighted by Crippen LogP contribution is 2.19. The number of aliphatic imine (C=N–C) groups is 1. The van der Waals surface area contributed by atoms with Crippen LogP contribution in [0.2, 0.25) is 0 Å². The van der Waals surface area contributed by atoms with Crippen LogP contribution in [0.1, 0.15) is 31.2 Å². The number of hydrogen-bond acceptors (Lipinski definition) is 8. The topological polar surface area (TPSA) is 305 Å². The molecule has 1 aromatic heterocycles. The number of nitrogens with one attached hydrogen (secondary N) is 4. The normalized spacial score (nSPS) is 13.6. The van der Waals surface area contributed by atoms with E-state index >= 15 is 0 Å². The molecule has 0 aliphatic carbocycles. The number of benzene rings is 1. The molecule has 0 bridgehead atoms. The molecule has 4 atom stereocenters. The predicted octanol–water partition coefficient (Wildman–Crippen LogP) is -2.42. The maximum absolute atomic E-state index is 13.2. The van der Waals surface area contributed by atoms with E-state index in [1.54, 1.807) is 30.5 Å². The molecule has 0 aliphatic rings. The van der Waals surface area contributed by atoms with E-state index in [2.05, 4.69) is 25.9 Å². The van der Waals surface area contributed by atoms with Gasteiger partial charge in [0.25, 0.3) is 0 Å². The van der Waals surface area contributed by atoms with Gasteiger partial charge in [0.15, 0.2) is 5.96 Å². The Hall–Kier alpha value is -5.19. The quantitative estimate of drug-likeness (QED) is 0.0523. The molecule has 1 aromatic carbocycles. The summed E-state index contributed by atoms with van der Waals surface area (Å²) < 4.78 is 0. The van der Waals surface area contributed by atoms with Crippen LogP contribution in [0.5, 0.6) is 0 Å². The molecular weight excluding hydrogens is 556 g/mol. The number of para-hydroxylation sites is 1. The number of carboxylic acids is 3. The first-order valence-corrected chi connectivity index (χ1v) is 12.7. The lowest BCUT2D eigenvalue weighted by molar-refractivity contribution is -0.143. The Morgan fingerprint density at radius 3 is 2.05 bits per heavy atom. The van der Waals surface area contributed by atoms with Gasteiger partial charge in [0.05, 0.1) is 18.9 Å². The molecule has 3 amide bonds. The summed E-state index contributed by atoms with van der Waals surface area (Å²) in [7, 11) is 0. The van der Waals surface area contributed by atoms with Gasteiger partial charge in [-0.25, -0.2) is 4.79 Å². The summed E-state index contributed by atoms with van der Waals surface area (Å²) in [5, 5.41) is 35.4. The molecule has 2 aromatic rings. The summed E-state index contributed by atoms with van der Waals surface area (Å²) in [6.45, 7) is 0.0546. The number of guanidine groups is 1. The number of aliphatic carboxylic acids is 3. The smallest absolute Gasteiger partial charge is 0.326 e. The van der Waals surface area contributed by atoms with Gasteiger partial charge in [0.1, 0.15) is 18.1 Å².